The lowest BCUT2D eigenvalue weighted by molar-refractivity contribution is 0.0698. The molecule has 8 nitrogen and oxygen atoms in total. The molecule has 1 aromatic carbocycles. The van der Waals surface area contributed by atoms with E-state index in [1.54, 1.807) is 17.9 Å². The van der Waals surface area contributed by atoms with Crippen LogP contribution < -0.4 is 5.73 Å². The summed E-state index contributed by atoms with van der Waals surface area (Å²) in [5.41, 5.74) is 7.46. The first-order chi connectivity index (χ1) is 13.5. The van der Waals surface area contributed by atoms with Gasteiger partial charge in [-0.1, -0.05) is 18.2 Å². The van der Waals surface area contributed by atoms with Crippen molar-refractivity contribution in [2.45, 2.75) is 25.7 Å². The molecule has 4 rings (SSSR count). The van der Waals surface area contributed by atoms with E-state index in [-0.39, 0.29) is 17.5 Å². The highest BCUT2D eigenvalue weighted by molar-refractivity contribution is 5.94. The lowest BCUT2D eigenvalue weighted by Crippen LogP contribution is -2.39. The van der Waals surface area contributed by atoms with Gasteiger partial charge in [-0.3, -0.25) is 14.7 Å². The molecule has 0 radical (unpaired) electrons. The molecule has 1 fully saturated rings. The van der Waals surface area contributed by atoms with E-state index < -0.39 is 5.91 Å². The largest absolute Gasteiger partial charge is 0.441 e. The van der Waals surface area contributed by atoms with Crippen LogP contribution in [-0.2, 0) is 0 Å². The number of aromatic nitrogens is 3. The number of primary amides is 1. The van der Waals surface area contributed by atoms with Crippen LogP contribution in [-0.4, -0.2) is 45.0 Å². The van der Waals surface area contributed by atoms with E-state index in [9.17, 15) is 9.59 Å². The van der Waals surface area contributed by atoms with Gasteiger partial charge in [-0.15, -0.1) is 0 Å². The van der Waals surface area contributed by atoms with Crippen molar-refractivity contribution in [2.75, 3.05) is 13.1 Å². The number of amides is 2. The monoisotopic (exact) mass is 379 g/mol. The highest BCUT2D eigenvalue weighted by Gasteiger charge is 2.30. The summed E-state index contributed by atoms with van der Waals surface area (Å²) in [5.74, 6) is 0.290. The number of carbonyl (C=O) groups is 2. The van der Waals surface area contributed by atoms with Crippen LogP contribution in [0.3, 0.4) is 0 Å². The topological polar surface area (TPSA) is 118 Å². The second kappa shape index (κ2) is 7.30. The molecular weight excluding hydrogens is 358 g/mol. The Morgan fingerprint density at radius 2 is 2.07 bits per heavy atom. The minimum Gasteiger partial charge on any atom is -0.441 e. The lowest BCUT2D eigenvalue weighted by atomic mass is 9.94. The molecule has 0 bridgehead atoms. The molecule has 8 heteroatoms. The number of nitrogens with one attached hydrogen (secondary N) is 1. The van der Waals surface area contributed by atoms with Crippen LogP contribution in [0.25, 0.3) is 11.5 Å². The molecule has 3 heterocycles. The van der Waals surface area contributed by atoms with E-state index in [0.29, 0.717) is 30.4 Å². The van der Waals surface area contributed by atoms with Crippen molar-refractivity contribution in [3.05, 3.63) is 59.2 Å². The SMILES string of the molecule is Cc1oc(-c2ccccc2)nc1C(=O)N1CCCC(c2cc(C(N)=O)n[nH]2)C1. The molecule has 2 amide bonds. The Morgan fingerprint density at radius 1 is 1.29 bits per heavy atom. The molecule has 1 aliphatic heterocycles. The molecule has 1 saturated heterocycles. The number of carbonyl (C=O) groups excluding carboxylic acids is 2. The molecule has 3 N–H and O–H groups in total. The van der Waals surface area contributed by atoms with Gasteiger partial charge in [-0.05, 0) is 38.0 Å². The summed E-state index contributed by atoms with van der Waals surface area (Å²) >= 11 is 0. The third kappa shape index (κ3) is 3.40. The lowest BCUT2D eigenvalue weighted by Gasteiger charge is -2.31. The second-order valence-electron chi connectivity index (χ2n) is 6.95. The first-order valence-corrected chi connectivity index (χ1v) is 9.20. The van der Waals surface area contributed by atoms with Crippen LogP contribution in [0.15, 0.2) is 40.8 Å². The predicted octanol–water partition coefficient (Wildman–Crippen LogP) is 2.49. The molecule has 144 valence electrons. The fourth-order valence-corrected chi connectivity index (χ4v) is 3.54. The third-order valence-electron chi connectivity index (χ3n) is 5.02. The number of likely N-dealkylation sites (tertiary alicyclic amines) is 1. The van der Waals surface area contributed by atoms with Crippen molar-refractivity contribution < 1.29 is 14.0 Å². The molecule has 0 aliphatic carbocycles. The minimum atomic E-state index is -0.571. The number of nitrogens with zero attached hydrogens (tertiary/aromatic N) is 3. The Kier molecular flexibility index (Phi) is 4.68. The summed E-state index contributed by atoms with van der Waals surface area (Å²) in [5, 5.41) is 6.81. The maximum Gasteiger partial charge on any atom is 0.276 e. The van der Waals surface area contributed by atoms with Gasteiger partial charge in [-0.2, -0.15) is 5.10 Å². The van der Waals surface area contributed by atoms with E-state index in [1.165, 1.54) is 0 Å². The van der Waals surface area contributed by atoms with Crippen LogP contribution in [0, 0.1) is 6.92 Å². The first-order valence-electron chi connectivity index (χ1n) is 9.20. The number of hydrogen-bond donors (Lipinski definition) is 2. The van der Waals surface area contributed by atoms with Gasteiger partial charge < -0.3 is 15.1 Å². The molecule has 1 unspecified atom stereocenters. The van der Waals surface area contributed by atoms with Gasteiger partial charge in [0.2, 0.25) is 5.89 Å². The van der Waals surface area contributed by atoms with E-state index in [2.05, 4.69) is 15.2 Å². The molecule has 0 saturated carbocycles. The minimum absolute atomic E-state index is 0.0686. The number of aromatic amines is 1. The van der Waals surface area contributed by atoms with Crippen molar-refractivity contribution in [1.82, 2.24) is 20.1 Å². The summed E-state index contributed by atoms with van der Waals surface area (Å²) in [6.07, 6.45) is 1.75. The molecule has 1 atom stereocenters. The van der Waals surface area contributed by atoms with Gasteiger partial charge >= 0.3 is 0 Å². The molecule has 0 spiro atoms. The zero-order chi connectivity index (χ0) is 19.7. The quantitative estimate of drug-likeness (QED) is 0.722. The highest BCUT2D eigenvalue weighted by atomic mass is 16.4. The maximum absolute atomic E-state index is 13.1. The number of benzene rings is 1. The number of hydrogen-bond acceptors (Lipinski definition) is 5. The van der Waals surface area contributed by atoms with E-state index >= 15 is 0 Å². The Labute approximate surface area is 161 Å². The number of rotatable bonds is 4. The number of nitrogens with two attached hydrogens (primary N) is 1. The number of oxazole rings is 1. The average Bonchev–Trinajstić information content (AvgIpc) is 3.36. The van der Waals surface area contributed by atoms with Crippen molar-refractivity contribution in [3.63, 3.8) is 0 Å². The van der Waals surface area contributed by atoms with E-state index in [1.807, 2.05) is 30.3 Å². The van der Waals surface area contributed by atoms with Crippen LogP contribution >= 0.6 is 0 Å². The fraction of sp³-hybridized carbons (Fsp3) is 0.300. The van der Waals surface area contributed by atoms with Crippen molar-refractivity contribution in [2.24, 2.45) is 5.73 Å². The maximum atomic E-state index is 13.1. The Balaban J connectivity index is 1.53. The summed E-state index contributed by atoms with van der Waals surface area (Å²) < 4.78 is 5.73. The van der Waals surface area contributed by atoms with Crippen molar-refractivity contribution in [3.8, 4) is 11.5 Å². The van der Waals surface area contributed by atoms with Gasteiger partial charge in [0, 0.05) is 30.3 Å². The molecule has 3 aromatic rings. The zero-order valence-corrected chi connectivity index (χ0v) is 15.5. The first kappa shape index (κ1) is 18.0. The summed E-state index contributed by atoms with van der Waals surface area (Å²) in [7, 11) is 0. The van der Waals surface area contributed by atoms with Crippen molar-refractivity contribution in [1.29, 1.82) is 0 Å². The molecular formula is C20H21N5O3. The van der Waals surface area contributed by atoms with Crippen LogP contribution in [0.1, 0.15) is 51.2 Å². The Hall–Kier alpha value is -3.42. The number of H-pyrrole nitrogens is 1. The van der Waals surface area contributed by atoms with Gasteiger partial charge in [0.15, 0.2) is 5.69 Å². The van der Waals surface area contributed by atoms with Gasteiger partial charge in [0.25, 0.3) is 11.8 Å². The smallest absolute Gasteiger partial charge is 0.276 e. The molecule has 28 heavy (non-hydrogen) atoms. The van der Waals surface area contributed by atoms with Crippen LogP contribution in [0.5, 0.6) is 0 Å². The second-order valence-corrected chi connectivity index (χ2v) is 6.95. The Bertz CT molecular complexity index is 1010. The summed E-state index contributed by atoms with van der Waals surface area (Å²) in [6, 6.07) is 11.2. The van der Waals surface area contributed by atoms with Crippen LogP contribution in [0.2, 0.25) is 0 Å². The number of piperidine rings is 1. The summed E-state index contributed by atoms with van der Waals surface area (Å²) in [6.45, 7) is 2.92. The predicted molar refractivity (Wildman–Crippen MR) is 102 cm³/mol. The zero-order valence-electron chi connectivity index (χ0n) is 15.5. The third-order valence-corrected chi connectivity index (χ3v) is 5.02. The normalized spacial score (nSPS) is 16.9. The summed E-state index contributed by atoms with van der Waals surface area (Å²) in [4.78, 5) is 30.5. The highest BCUT2D eigenvalue weighted by Crippen LogP contribution is 2.28. The van der Waals surface area contributed by atoms with Gasteiger partial charge in [0.1, 0.15) is 11.5 Å². The molecule has 1 aliphatic rings. The standard InChI is InChI=1S/C20H21N5O3/c1-12-17(22-19(28-12)13-6-3-2-4-7-13)20(27)25-9-5-8-14(11-25)15-10-16(18(21)26)24-23-15/h2-4,6-7,10,14H,5,8-9,11H2,1H3,(H2,21,26)(H,23,24). The number of aryl methyl sites for hydroxylation is 1. The molecule has 2 aromatic heterocycles. The van der Waals surface area contributed by atoms with Crippen LogP contribution in [0.4, 0.5) is 0 Å². The van der Waals surface area contributed by atoms with Gasteiger partial charge in [-0.25, -0.2) is 4.98 Å². The van der Waals surface area contributed by atoms with E-state index in [4.69, 9.17) is 10.2 Å². The van der Waals surface area contributed by atoms with E-state index in [0.717, 1.165) is 24.1 Å². The Morgan fingerprint density at radius 3 is 2.79 bits per heavy atom. The van der Waals surface area contributed by atoms with Crippen molar-refractivity contribution >= 4 is 11.8 Å². The average molecular weight is 379 g/mol. The van der Waals surface area contributed by atoms with Gasteiger partial charge in [0.05, 0.1) is 0 Å². The fourth-order valence-electron chi connectivity index (χ4n) is 3.54.